The first-order chi connectivity index (χ1) is 24.5. The number of halogens is 4. The predicted molar refractivity (Wildman–Crippen MR) is 199 cm³/mol. The van der Waals surface area contributed by atoms with Crippen molar-refractivity contribution in [2.24, 2.45) is 0 Å². The molecule has 272 valence electrons. The normalized spacial score (nSPS) is 11.9. The Labute approximate surface area is 312 Å². The molecule has 0 saturated heterocycles. The Hall–Kier alpha value is -4.49. The van der Waals surface area contributed by atoms with Gasteiger partial charge in [0, 0.05) is 21.3 Å². The summed E-state index contributed by atoms with van der Waals surface area (Å²) >= 11 is 5.73. The standard InChI is InChI=1S/C18H13BrF3NO4S2.C16H13NO4S2/c19-15-13-3-1-2-4-14(13)28-16(15)23(10-9-18(20,21)22)29(26,27)12-7-5-11(6-8-12)17(24)25;1-21-16(18)11-6-8-13(9-7-11)23(19,20)17-15-10-12-4-2-3-5-14(12)22-15/h1-8H,9-10H2,(H,24,25);2-10,17H,1H3. The molecule has 0 aliphatic carbocycles. The number of carbonyl (C=O) groups is 2. The smallest absolute Gasteiger partial charge is 0.390 e. The van der Waals surface area contributed by atoms with Gasteiger partial charge in [0.15, 0.2) is 0 Å². The molecular formula is C34H26BrF3N2O8S4. The van der Waals surface area contributed by atoms with E-state index in [4.69, 9.17) is 5.11 Å². The minimum atomic E-state index is -4.55. The Morgan fingerprint density at radius 1 is 0.827 bits per heavy atom. The molecule has 0 atom stereocenters. The first-order valence-corrected chi connectivity index (χ1v) is 20.1. The van der Waals surface area contributed by atoms with E-state index in [0.29, 0.717) is 29.4 Å². The summed E-state index contributed by atoms with van der Waals surface area (Å²) in [6, 6.07) is 26.3. The molecule has 0 radical (unpaired) electrons. The van der Waals surface area contributed by atoms with E-state index in [0.717, 1.165) is 45.7 Å². The van der Waals surface area contributed by atoms with Gasteiger partial charge in [0.2, 0.25) is 0 Å². The van der Waals surface area contributed by atoms with Crippen LogP contribution in [0.15, 0.2) is 117 Å². The van der Waals surface area contributed by atoms with Gasteiger partial charge in [-0.2, -0.15) is 13.2 Å². The van der Waals surface area contributed by atoms with Crippen molar-refractivity contribution in [3.05, 3.63) is 119 Å². The minimum absolute atomic E-state index is 0.0857. The molecule has 6 aromatic rings. The van der Waals surface area contributed by atoms with Crippen LogP contribution < -0.4 is 9.03 Å². The van der Waals surface area contributed by atoms with Gasteiger partial charge in [-0.05, 0) is 88.0 Å². The predicted octanol–water partition coefficient (Wildman–Crippen LogP) is 9.00. The van der Waals surface area contributed by atoms with Gasteiger partial charge in [-0.1, -0.05) is 36.4 Å². The lowest BCUT2D eigenvalue weighted by atomic mass is 10.2. The second-order valence-corrected chi connectivity index (χ2v) is 17.2. The molecule has 0 amide bonds. The summed E-state index contributed by atoms with van der Waals surface area (Å²) in [5.41, 5.74) is 0.169. The number of hydrogen-bond donors (Lipinski definition) is 2. The van der Waals surface area contributed by atoms with E-state index in [9.17, 15) is 39.6 Å². The fraction of sp³-hybridized carbons (Fsp3) is 0.118. The SMILES string of the molecule is COC(=O)c1ccc(S(=O)(=O)Nc2cc3ccccc3s2)cc1.O=C(O)c1ccc(S(=O)(=O)N(CCC(F)(F)F)c2sc3ccccc3c2Br)cc1. The maximum absolute atomic E-state index is 13.2. The lowest BCUT2D eigenvalue weighted by molar-refractivity contribution is -0.131. The zero-order chi connectivity index (χ0) is 37.8. The molecule has 2 aromatic heterocycles. The zero-order valence-electron chi connectivity index (χ0n) is 26.6. The van der Waals surface area contributed by atoms with E-state index < -0.39 is 51.1 Å². The number of thiophene rings is 2. The van der Waals surface area contributed by atoms with Crippen LogP contribution in [0.1, 0.15) is 27.1 Å². The number of anilines is 2. The van der Waals surface area contributed by atoms with Gasteiger partial charge in [-0.25, -0.2) is 26.4 Å². The highest BCUT2D eigenvalue weighted by atomic mass is 79.9. The highest BCUT2D eigenvalue weighted by Crippen LogP contribution is 2.44. The summed E-state index contributed by atoms with van der Waals surface area (Å²) in [6.07, 6.45) is -5.88. The molecule has 10 nitrogen and oxygen atoms in total. The van der Waals surface area contributed by atoms with Crippen LogP contribution in [0.25, 0.3) is 20.2 Å². The maximum Gasteiger partial charge on any atom is 0.390 e. The van der Waals surface area contributed by atoms with Crippen molar-refractivity contribution in [2.75, 3.05) is 22.7 Å². The number of benzene rings is 4. The van der Waals surface area contributed by atoms with Gasteiger partial charge in [0.25, 0.3) is 20.0 Å². The third-order valence-corrected chi connectivity index (χ3v) is 14.0. The second-order valence-electron chi connectivity index (χ2n) is 10.8. The maximum atomic E-state index is 13.2. The number of fused-ring (bicyclic) bond motifs is 2. The average Bonchev–Trinajstić information content (AvgIpc) is 3.67. The molecule has 6 rings (SSSR count). The third-order valence-electron chi connectivity index (χ3n) is 7.28. The van der Waals surface area contributed by atoms with Gasteiger partial charge < -0.3 is 9.84 Å². The molecule has 0 bridgehead atoms. The van der Waals surface area contributed by atoms with Gasteiger partial charge >= 0.3 is 18.1 Å². The number of sulfonamides is 2. The van der Waals surface area contributed by atoms with Crippen LogP contribution in [0.3, 0.4) is 0 Å². The molecule has 0 aliphatic heterocycles. The number of aromatic carboxylic acids is 1. The Morgan fingerprint density at radius 2 is 1.40 bits per heavy atom. The summed E-state index contributed by atoms with van der Waals surface area (Å²) < 4.78 is 99.7. The van der Waals surface area contributed by atoms with E-state index in [1.807, 2.05) is 24.3 Å². The molecule has 18 heteroatoms. The highest BCUT2D eigenvalue weighted by Gasteiger charge is 2.34. The van der Waals surface area contributed by atoms with Crippen LogP contribution in [0, 0.1) is 0 Å². The number of nitrogens with one attached hydrogen (secondary N) is 1. The van der Waals surface area contributed by atoms with E-state index in [-0.39, 0.29) is 20.4 Å². The number of rotatable bonds is 10. The lowest BCUT2D eigenvalue weighted by Crippen LogP contribution is -2.34. The van der Waals surface area contributed by atoms with Crippen LogP contribution in [0.5, 0.6) is 0 Å². The van der Waals surface area contributed by atoms with Crippen LogP contribution in [-0.4, -0.2) is 53.7 Å². The van der Waals surface area contributed by atoms with Gasteiger partial charge in [0.1, 0.15) is 10.0 Å². The number of nitrogens with zero attached hydrogens (tertiary/aromatic N) is 1. The molecular weight excluding hydrogens is 830 g/mol. The number of hydrogen-bond acceptors (Lipinski definition) is 9. The van der Waals surface area contributed by atoms with Crippen molar-refractivity contribution < 1.29 is 49.4 Å². The van der Waals surface area contributed by atoms with Crippen molar-refractivity contribution in [1.82, 2.24) is 0 Å². The minimum Gasteiger partial charge on any atom is -0.478 e. The molecule has 52 heavy (non-hydrogen) atoms. The summed E-state index contributed by atoms with van der Waals surface area (Å²) in [6.45, 7) is -0.808. The van der Waals surface area contributed by atoms with E-state index >= 15 is 0 Å². The molecule has 4 aromatic carbocycles. The number of carboxylic acids is 1. The first-order valence-electron chi connectivity index (χ1n) is 14.8. The number of ether oxygens (including phenoxy) is 1. The Bertz CT molecular complexity index is 2430. The van der Waals surface area contributed by atoms with Crippen LogP contribution >= 0.6 is 38.6 Å². The molecule has 0 aliphatic rings. The van der Waals surface area contributed by atoms with Crippen molar-refractivity contribution in [3.63, 3.8) is 0 Å². The number of methoxy groups -OCH3 is 1. The quantitative estimate of drug-likeness (QED) is 0.130. The third kappa shape index (κ3) is 8.92. The number of carbonyl (C=O) groups excluding carboxylic acids is 1. The summed E-state index contributed by atoms with van der Waals surface area (Å²) in [5.74, 6) is -1.75. The lowest BCUT2D eigenvalue weighted by Gasteiger charge is -2.24. The average molecular weight is 856 g/mol. The van der Waals surface area contributed by atoms with Crippen molar-refractivity contribution in [3.8, 4) is 0 Å². The zero-order valence-corrected chi connectivity index (χ0v) is 31.5. The van der Waals surface area contributed by atoms with Crippen molar-refractivity contribution >= 4 is 101 Å². The molecule has 0 spiro atoms. The first kappa shape index (κ1) is 38.7. The molecule has 0 fully saturated rings. The fourth-order valence-corrected chi connectivity index (χ4v) is 10.8. The molecule has 0 saturated carbocycles. The number of alkyl halides is 3. The van der Waals surface area contributed by atoms with Crippen molar-refractivity contribution in [2.45, 2.75) is 22.4 Å². The summed E-state index contributed by atoms with van der Waals surface area (Å²) in [7, 11) is -6.80. The monoisotopic (exact) mass is 854 g/mol. The van der Waals surface area contributed by atoms with Crippen LogP contribution in [-0.2, 0) is 24.8 Å². The van der Waals surface area contributed by atoms with Gasteiger partial charge in [-0.15, -0.1) is 22.7 Å². The Kier molecular flexibility index (Phi) is 11.6. The highest BCUT2D eigenvalue weighted by molar-refractivity contribution is 9.10. The summed E-state index contributed by atoms with van der Waals surface area (Å²) in [5, 5.41) is 11.3. The molecule has 2 N–H and O–H groups in total. The van der Waals surface area contributed by atoms with E-state index in [1.54, 1.807) is 30.3 Å². The number of esters is 1. The van der Waals surface area contributed by atoms with E-state index in [1.165, 1.54) is 42.7 Å². The Balaban J connectivity index is 0.000000206. The molecule has 0 unspecified atom stereocenters. The van der Waals surface area contributed by atoms with Gasteiger partial charge in [0.05, 0.1) is 38.9 Å². The van der Waals surface area contributed by atoms with Crippen LogP contribution in [0.2, 0.25) is 0 Å². The van der Waals surface area contributed by atoms with E-state index in [2.05, 4.69) is 25.4 Å². The largest absolute Gasteiger partial charge is 0.478 e. The van der Waals surface area contributed by atoms with Crippen molar-refractivity contribution in [1.29, 1.82) is 0 Å². The fourth-order valence-electron chi connectivity index (χ4n) is 4.73. The summed E-state index contributed by atoms with van der Waals surface area (Å²) in [4.78, 5) is 22.2. The van der Waals surface area contributed by atoms with Crippen LogP contribution in [0.4, 0.5) is 23.2 Å². The Morgan fingerprint density at radius 3 is 1.98 bits per heavy atom. The van der Waals surface area contributed by atoms with Gasteiger partial charge in [-0.3, -0.25) is 9.03 Å². The second kappa shape index (κ2) is 15.6. The topological polar surface area (TPSA) is 147 Å². The number of carboxylic acid groups (broad SMARTS) is 1. The molecule has 2 heterocycles.